The first kappa shape index (κ1) is 24.2. The van der Waals surface area contributed by atoms with E-state index in [2.05, 4.69) is 17.2 Å². The van der Waals surface area contributed by atoms with Crippen LogP contribution >= 0.6 is 0 Å². The quantitative estimate of drug-likeness (QED) is 0.516. The fourth-order valence-corrected chi connectivity index (χ4v) is 6.80. The van der Waals surface area contributed by atoms with Crippen molar-refractivity contribution >= 4 is 15.7 Å². The zero-order valence-electron chi connectivity index (χ0n) is 20.1. The number of ether oxygens (including phenoxy) is 2. The fraction of sp³-hybridized carbons (Fsp3) is 0.286. The number of methoxy groups -OCH3 is 2. The van der Waals surface area contributed by atoms with E-state index in [1.165, 1.54) is 0 Å². The van der Waals surface area contributed by atoms with Gasteiger partial charge in [-0.05, 0) is 66.6 Å². The number of aliphatic hydroxyl groups is 1. The number of nitrogens with one attached hydrogen (secondary N) is 1. The monoisotopic (exact) mass is 504 g/mol. The smallest absolute Gasteiger partial charge is 0.243 e. The zero-order chi connectivity index (χ0) is 25.3. The second-order valence-electron chi connectivity index (χ2n) is 8.87. The maximum Gasteiger partial charge on any atom is 0.243 e. The molecule has 2 N–H and O–H groups in total. The maximum absolute atomic E-state index is 13.7. The third kappa shape index (κ3) is 4.30. The summed E-state index contributed by atoms with van der Waals surface area (Å²) in [5.41, 5.74) is 3.23. The predicted octanol–water partition coefficient (Wildman–Crippen LogP) is 3.64. The third-order valence-electron chi connectivity index (χ3n) is 6.94. The third-order valence-corrected chi connectivity index (χ3v) is 8.83. The number of hydrogen-bond acceptors (Lipinski definition) is 6. The molecule has 0 radical (unpaired) electrons. The van der Waals surface area contributed by atoms with Gasteiger partial charge in [0.25, 0.3) is 0 Å². The summed E-state index contributed by atoms with van der Waals surface area (Å²) in [6, 6.07) is 19.1. The number of sulfonamides is 1. The lowest BCUT2D eigenvalue weighted by Crippen LogP contribution is -2.42. The van der Waals surface area contributed by atoms with E-state index in [9.17, 15) is 13.5 Å². The van der Waals surface area contributed by atoms with Gasteiger partial charge >= 0.3 is 0 Å². The Morgan fingerprint density at radius 3 is 2.53 bits per heavy atom. The van der Waals surface area contributed by atoms with Crippen LogP contribution in [0.2, 0.25) is 0 Å². The molecule has 1 fully saturated rings. The van der Waals surface area contributed by atoms with E-state index in [1.54, 1.807) is 42.8 Å². The molecule has 2 heterocycles. The molecule has 0 bridgehead atoms. The van der Waals surface area contributed by atoms with E-state index in [1.807, 2.05) is 42.5 Å². The first-order valence-corrected chi connectivity index (χ1v) is 13.2. The minimum atomic E-state index is -3.77. The Labute approximate surface area is 211 Å². The number of hydrogen-bond donors (Lipinski definition) is 2. The topological polar surface area (TPSA) is 88.1 Å². The molecule has 3 aromatic rings. The van der Waals surface area contributed by atoms with E-state index in [4.69, 9.17) is 9.47 Å². The molecule has 3 aromatic carbocycles. The second kappa shape index (κ2) is 9.86. The van der Waals surface area contributed by atoms with Crippen molar-refractivity contribution in [2.45, 2.75) is 23.4 Å². The number of benzene rings is 3. The van der Waals surface area contributed by atoms with Gasteiger partial charge < -0.3 is 19.9 Å². The molecular formula is C28H28N2O5S. The summed E-state index contributed by atoms with van der Waals surface area (Å²) in [4.78, 5) is 0.219. The van der Waals surface area contributed by atoms with Gasteiger partial charge in [0.15, 0.2) is 0 Å². The minimum absolute atomic E-state index is 0.0621. The van der Waals surface area contributed by atoms with Crippen LogP contribution in [0.5, 0.6) is 11.5 Å². The SMILES string of the molecule is COc1ccc(S(=O)(=O)N2CC[C@@H]3[C@H]2c2cc(C#Cc4ccccc4OC)ccc2N[C@@H]3CO)cc1. The molecule has 0 aromatic heterocycles. The van der Waals surface area contributed by atoms with E-state index < -0.39 is 16.1 Å². The molecular weight excluding hydrogens is 476 g/mol. The van der Waals surface area contributed by atoms with Crippen LogP contribution in [0.4, 0.5) is 5.69 Å². The molecule has 2 aliphatic heterocycles. The number of para-hydroxylation sites is 1. The summed E-state index contributed by atoms with van der Waals surface area (Å²) in [6.07, 6.45) is 0.648. The van der Waals surface area contributed by atoms with Gasteiger partial charge in [-0.2, -0.15) is 4.31 Å². The van der Waals surface area contributed by atoms with E-state index >= 15 is 0 Å². The average molecular weight is 505 g/mol. The molecule has 0 spiro atoms. The van der Waals surface area contributed by atoms with Crippen LogP contribution in [0.25, 0.3) is 0 Å². The molecule has 0 amide bonds. The Morgan fingerprint density at radius 1 is 1.03 bits per heavy atom. The maximum atomic E-state index is 13.7. The highest BCUT2D eigenvalue weighted by Crippen LogP contribution is 2.48. The number of aliphatic hydroxyl groups excluding tert-OH is 1. The highest BCUT2D eigenvalue weighted by molar-refractivity contribution is 7.89. The number of nitrogens with zero attached hydrogens (tertiary/aromatic N) is 1. The molecule has 7 nitrogen and oxygen atoms in total. The summed E-state index contributed by atoms with van der Waals surface area (Å²) >= 11 is 0. The van der Waals surface area contributed by atoms with Crippen LogP contribution in [0.1, 0.15) is 29.2 Å². The summed E-state index contributed by atoms with van der Waals surface area (Å²) in [5.74, 6) is 7.60. The number of fused-ring (bicyclic) bond motifs is 3. The lowest BCUT2D eigenvalue weighted by atomic mass is 9.83. The van der Waals surface area contributed by atoms with Crippen molar-refractivity contribution in [3.63, 3.8) is 0 Å². The summed E-state index contributed by atoms with van der Waals surface area (Å²) in [7, 11) is -0.612. The van der Waals surface area contributed by atoms with Gasteiger partial charge in [-0.15, -0.1) is 0 Å². The van der Waals surface area contributed by atoms with Gasteiger partial charge in [0.1, 0.15) is 11.5 Å². The van der Waals surface area contributed by atoms with Crippen LogP contribution in [0.15, 0.2) is 71.6 Å². The average Bonchev–Trinajstić information content (AvgIpc) is 3.38. The van der Waals surface area contributed by atoms with Crippen molar-refractivity contribution in [1.29, 1.82) is 0 Å². The fourth-order valence-electron chi connectivity index (χ4n) is 5.14. The zero-order valence-corrected chi connectivity index (χ0v) is 21.0. The Morgan fingerprint density at radius 2 is 1.81 bits per heavy atom. The standard InChI is InChI=1S/C28H28N2O5S/c1-34-21-10-12-22(13-11-21)36(32,33)30-16-15-23-26(18-31)29-25-14-8-19(17-24(25)28(23)30)7-9-20-5-3-4-6-27(20)35-2/h3-6,8,10-14,17,23,26,28-29,31H,15-16,18H2,1-2H3/t23-,26+,28-/m0/s1. The summed E-state index contributed by atoms with van der Waals surface area (Å²) in [5, 5.41) is 13.5. The van der Waals surface area contributed by atoms with Crippen molar-refractivity contribution in [2.75, 3.05) is 32.7 Å². The van der Waals surface area contributed by atoms with Crippen LogP contribution in [-0.4, -0.2) is 51.2 Å². The van der Waals surface area contributed by atoms with Crippen molar-refractivity contribution < 1.29 is 23.0 Å². The van der Waals surface area contributed by atoms with E-state index in [0.717, 1.165) is 22.4 Å². The highest BCUT2D eigenvalue weighted by atomic mass is 32.2. The largest absolute Gasteiger partial charge is 0.497 e. The van der Waals surface area contributed by atoms with Gasteiger partial charge in [0.2, 0.25) is 10.0 Å². The molecule has 36 heavy (non-hydrogen) atoms. The molecule has 3 atom stereocenters. The summed E-state index contributed by atoms with van der Waals surface area (Å²) < 4.78 is 39.6. The van der Waals surface area contributed by atoms with Crippen LogP contribution in [-0.2, 0) is 10.0 Å². The number of rotatable bonds is 5. The van der Waals surface area contributed by atoms with E-state index in [-0.39, 0.29) is 23.5 Å². The van der Waals surface area contributed by atoms with Gasteiger partial charge in [0.05, 0.1) is 43.4 Å². The molecule has 0 aliphatic carbocycles. The highest BCUT2D eigenvalue weighted by Gasteiger charge is 2.48. The molecule has 2 aliphatic rings. The Balaban J connectivity index is 1.54. The van der Waals surface area contributed by atoms with E-state index in [0.29, 0.717) is 24.5 Å². The van der Waals surface area contributed by atoms with Crippen molar-refractivity contribution in [3.8, 4) is 23.3 Å². The van der Waals surface area contributed by atoms with Gasteiger partial charge in [-0.3, -0.25) is 0 Å². The van der Waals surface area contributed by atoms with Crippen molar-refractivity contribution in [1.82, 2.24) is 4.31 Å². The molecule has 8 heteroatoms. The van der Waals surface area contributed by atoms with Crippen molar-refractivity contribution in [2.24, 2.45) is 5.92 Å². The molecule has 186 valence electrons. The summed E-state index contributed by atoms with van der Waals surface area (Å²) in [6.45, 7) is 0.296. The van der Waals surface area contributed by atoms with Crippen LogP contribution < -0.4 is 14.8 Å². The first-order valence-electron chi connectivity index (χ1n) is 11.8. The number of anilines is 1. The second-order valence-corrected chi connectivity index (χ2v) is 10.8. The molecule has 0 unspecified atom stereocenters. The Bertz CT molecular complexity index is 1430. The van der Waals surface area contributed by atoms with Crippen molar-refractivity contribution in [3.05, 3.63) is 83.4 Å². The molecule has 5 rings (SSSR count). The Hall–Kier alpha value is -3.51. The molecule has 1 saturated heterocycles. The first-order chi connectivity index (χ1) is 17.5. The van der Waals surface area contributed by atoms with Crippen LogP contribution in [0, 0.1) is 17.8 Å². The van der Waals surface area contributed by atoms with Gasteiger partial charge in [-0.25, -0.2) is 8.42 Å². The molecule has 0 saturated carbocycles. The Kier molecular flexibility index (Phi) is 6.63. The van der Waals surface area contributed by atoms with Crippen LogP contribution in [0.3, 0.4) is 0 Å². The lowest BCUT2D eigenvalue weighted by Gasteiger charge is -2.38. The minimum Gasteiger partial charge on any atom is -0.497 e. The predicted molar refractivity (Wildman–Crippen MR) is 138 cm³/mol. The lowest BCUT2D eigenvalue weighted by molar-refractivity contribution is 0.210. The normalized spacial score (nSPS) is 20.9. The van der Waals surface area contributed by atoms with Gasteiger partial charge in [-0.1, -0.05) is 24.0 Å². The van der Waals surface area contributed by atoms with Gasteiger partial charge in [0, 0.05) is 23.7 Å².